The van der Waals surface area contributed by atoms with Crippen molar-refractivity contribution < 1.29 is 9.22 Å². The van der Waals surface area contributed by atoms with Crippen molar-refractivity contribution in [3.05, 3.63) is 0 Å². The summed E-state index contributed by atoms with van der Waals surface area (Å²) in [6.07, 6.45) is 1.59. The second-order valence-electron chi connectivity index (χ2n) is 3.20. The van der Waals surface area contributed by atoms with Crippen molar-refractivity contribution in [3.63, 3.8) is 0 Å². The Kier molecular flexibility index (Phi) is 7.83. The molecule has 0 heterocycles. The van der Waals surface area contributed by atoms with E-state index in [1.165, 1.54) is 6.04 Å². The third kappa shape index (κ3) is 9.43. The molecule has 13 heavy (non-hydrogen) atoms. The summed E-state index contributed by atoms with van der Waals surface area (Å²) in [7, 11) is 1.48. The SMILES string of the molecule is CO[SiH2]CCCN=C(C)CC(C)=O. The number of carbonyl (C=O) groups excluding carboxylic acids is 1. The number of nitrogens with zero attached hydrogens (tertiary/aromatic N) is 1. The molecule has 0 spiro atoms. The van der Waals surface area contributed by atoms with Gasteiger partial charge in [0.2, 0.25) is 0 Å². The van der Waals surface area contributed by atoms with Gasteiger partial charge in [-0.3, -0.25) is 9.79 Å². The molecule has 0 unspecified atom stereocenters. The highest BCUT2D eigenvalue weighted by Gasteiger charge is 1.95. The first-order valence-electron chi connectivity index (χ1n) is 4.65. The molecule has 0 rings (SSSR count). The number of hydrogen-bond acceptors (Lipinski definition) is 3. The van der Waals surface area contributed by atoms with Crippen molar-refractivity contribution in [2.24, 2.45) is 4.99 Å². The smallest absolute Gasteiger partial charge is 0.161 e. The van der Waals surface area contributed by atoms with Gasteiger partial charge in [0, 0.05) is 25.8 Å². The van der Waals surface area contributed by atoms with Crippen molar-refractivity contribution in [1.82, 2.24) is 0 Å². The molecule has 0 aromatic heterocycles. The summed E-state index contributed by atoms with van der Waals surface area (Å²) in [4.78, 5) is 15.0. The Bertz CT molecular complexity index is 180. The highest BCUT2D eigenvalue weighted by molar-refractivity contribution is 6.26. The lowest BCUT2D eigenvalue weighted by Crippen LogP contribution is -2.01. The molecule has 0 saturated carbocycles. The van der Waals surface area contributed by atoms with Crippen molar-refractivity contribution in [3.8, 4) is 0 Å². The van der Waals surface area contributed by atoms with Gasteiger partial charge in [0.05, 0.1) is 0 Å². The average Bonchev–Trinajstić information content (AvgIpc) is 2.02. The minimum atomic E-state index is -0.281. The first-order valence-corrected chi connectivity index (χ1v) is 6.23. The second kappa shape index (κ2) is 8.13. The summed E-state index contributed by atoms with van der Waals surface area (Å²) < 4.78 is 5.05. The number of aliphatic imine (C=N–C) groups is 1. The molecule has 0 aromatic carbocycles. The van der Waals surface area contributed by atoms with Crippen LogP contribution in [0.5, 0.6) is 0 Å². The molecule has 0 bridgehead atoms. The van der Waals surface area contributed by atoms with Crippen LogP contribution in [-0.4, -0.2) is 34.9 Å². The molecule has 0 saturated heterocycles. The van der Waals surface area contributed by atoms with E-state index >= 15 is 0 Å². The van der Waals surface area contributed by atoms with Crippen molar-refractivity contribution in [1.29, 1.82) is 0 Å². The highest BCUT2D eigenvalue weighted by atomic mass is 28.2. The van der Waals surface area contributed by atoms with Crippen LogP contribution in [0.1, 0.15) is 26.7 Å². The molecule has 0 radical (unpaired) electrons. The zero-order valence-electron chi connectivity index (χ0n) is 8.80. The fourth-order valence-electron chi connectivity index (χ4n) is 1.04. The van der Waals surface area contributed by atoms with Gasteiger partial charge in [-0.2, -0.15) is 0 Å². The van der Waals surface area contributed by atoms with Crippen molar-refractivity contribution in [2.45, 2.75) is 32.7 Å². The Labute approximate surface area is 82.5 Å². The van der Waals surface area contributed by atoms with Gasteiger partial charge >= 0.3 is 0 Å². The Morgan fingerprint density at radius 1 is 1.46 bits per heavy atom. The normalized spacial score (nSPS) is 12.7. The molecule has 3 nitrogen and oxygen atoms in total. The lowest BCUT2D eigenvalue weighted by molar-refractivity contribution is -0.115. The lowest BCUT2D eigenvalue weighted by atomic mass is 10.2. The van der Waals surface area contributed by atoms with Crippen LogP contribution in [0.3, 0.4) is 0 Å². The van der Waals surface area contributed by atoms with Gasteiger partial charge in [-0.25, -0.2) is 0 Å². The predicted octanol–water partition coefficient (Wildman–Crippen LogP) is 0.965. The molecule has 4 heteroatoms. The minimum absolute atomic E-state index is 0.188. The largest absolute Gasteiger partial charge is 0.427 e. The zero-order valence-corrected chi connectivity index (χ0v) is 10.2. The molecule has 0 aliphatic heterocycles. The van der Waals surface area contributed by atoms with Crippen LogP contribution >= 0.6 is 0 Å². The fourth-order valence-corrected chi connectivity index (χ4v) is 1.76. The first kappa shape index (κ1) is 12.5. The number of Topliss-reactive ketones (excluding diaryl/α,β-unsaturated/α-hetero) is 1. The van der Waals surface area contributed by atoms with Gasteiger partial charge in [-0.15, -0.1) is 0 Å². The van der Waals surface area contributed by atoms with E-state index in [0.717, 1.165) is 18.7 Å². The van der Waals surface area contributed by atoms with Gasteiger partial charge < -0.3 is 4.43 Å². The van der Waals surface area contributed by atoms with Gasteiger partial charge in [0.15, 0.2) is 9.76 Å². The fraction of sp³-hybridized carbons (Fsp3) is 0.778. The molecule has 0 aromatic rings. The van der Waals surface area contributed by atoms with Crippen LogP contribution in [0.4, 0.5) is 0 Å². The van der Waals surface area contributed by atoms with Crippen molar-refractivity contribution >= 4 is 21.3 Å². The Hall–Kier alpha value is -0.483. The van der Waals surface area contributed by atoms with E-state index in [9.17, 15) is 4.79 Å². The van der Waals surface area contributed by atoms with Crippen LogP contribution < -0.4 is 0 Å². The minimum Gasteiger partial charge on any atom is -0.427 e. The van der Waals surface area contributed by atoms with E-state index in [4.69, 9.17) is 4.43 Å². The standard InChI is InChI=1S/C9H19NO2Si/c1-8(7-9(2)11)10-5-4-6-13-12-3/h4-7,13H2,1-3H3. The van der Waals surface area contributed by atoms with E-state index in [2.05, 4.69) is 4.99 Å². The van der Waals surface area contributed by atoms with Crippen LogP contribution in [-0.2, 0) is 9.22 Å². The summed E-state index contributed by atoms with van der Waals surface area (Å²) >= 11 is 0. The predicted molar refractivity (Wildman–Crippen MR) is 58.3 cm³/mol. The lowest BCUT2D eigenvalue weighted by Gasteiger charge is -1.98. The van der Waals surface area contributed by atoms with Gasteiger partial charge in [0.1, 0.15) is 5.78 Å². The molecule has 0 aliphatic carbocycles. The van der Waals surface area contributed by atoms with E-state index < -0.39 is 0 Å². The number of ketones is 1. The second-order valence-corrected chi connectivity index (χ2v) is 4.89. The highest BCUT2D eigenvalue weighted by Crippen LogP contribution is 1.93. The number of hydrogen-bond donors (Lipinski definition) is 0. The number of rotatable bonds is 7. The van der Waals surface area contributed by atoms with Crippen LogP contribution in [0, 0.1) is 0 Å². The summed E-state index contributed by atoms with van der Waals surface area (Å²) in [5.41, 5.74) is 0.951. The van der Waals surface area contributed by atoms with E-state index in [-0.39, 0.29) is 15.5 Å². The first-order chi connectivity index (χ1) is 6.16. The summed E-state index contributed by atoms with van der Waals surface area (Å²) in [6, 6.07) is 1.17. The average molecular weight is 201 g/mol. The van der Waals surface area contributed by atoms with E-state index in [1.807, 2.05) is 6.92 Å². The molecule has 0 aliphatic rings. The number of carbonyl (C=O) groups is 1. The third-order valence-electron chi connectivity index (χ3n) is 1.64. The maximum atomic E-state index is 10.7. The van der Waals surface area contributed by atoms with Crippen LogP contribution in [0.15, 0.2) is 4.99 Å². The summed E-state index contributed by atoms with van der Waals surface area (Å²) in [6.45, 7) is 4.35. The quantitative estimate of drug-likeness (QED) is 0.350. The molecule has 0 atom stereocenters. The van der Waals surface area contributed by atoms with Gasteiger partial charge in [-0.05, 0) is 26.3 Å². The molecular weight excluding hydrogens is 182 g/mol. The molecule has 76 valence electrons. The van der Waals surface area contributed by atoms with Gasteiger partial charge in [0.25, 0.3) is 0 Å². The Balaban J connectivity index is 3.42. The summed E-state index contributed by atoms with van der Waals surface area (Å²) in [5.74, 6) is 0.188. The van der Waals surface area contributed by atoms with Gasteiger partial charge in [-0.1, -0.05) is 0 Å². The van der Waals surface area contributed by atoms with E-state index in [0.29, 0.717) is 6.42 Å². The monoisotopic (exact) mass is 201 g/mol. The summed E-state index contributed by atoms with van der Waals surface area (Å²) in [5, 5.41) is 0. The Morgan fingerprint density at radius 2 is 2.15 bits per heavy atom. The zero-order chi connectivity index (χ0) is 10.1. The topological polar surface area (TPSA) is 38.7 Å². The molecule has 0 fully saturated rings. The van der Waals surface area contributed by atoms with Crippen LogP contribution in [0.2, 0.25) is 6.04 Å². The van der Waals surface area contributed by atoms with Crippen LogP contribution in [0.25, 0.3) is 0 Å². The molecular formula is C9H19NO2Si. The maximum Gasteiger partial charge on any atom is 0.161 e. The third-order valence-corrected chi connectivity index (χ3v) is 2.84. The Morgan fingerprint density at radius 3 is 2.69 bits per heavy atom. The molecule has 0 N–H and O–H groups in total. The molecule has 0 amide bonds. The van der Waals surface area contributed by atoms with Crippen molar-refractivity contribution in [2.75, 3.05) is 13.7 Å². The van der Waals surface area contributed by atoms with E-state index in [1.54, 1.807) is 14.0 Å². The maximum absolute atomic E-state index is 10.7.